The Hall–Kier alpha value is -0.350. The Labute approximate surface area is 127 Å². The van der Waals surface area contributed by atoms with Crippen LogP contribution in [0.4, 0.5) is 0 Å². The monoisotopic (exact) mass is 372 g/mol. The number of nitrogens with zero attached hydrogens (tertiary/aromatic N) is 2. The van der Waals surface area contributed by atoms with Crippen molar-refractivity contribution in [2.45, 2.75) is 38.3 Å². The predicted molar refractivity (Wildman–Crippen MR) is 73.4 cm³/mol. The van der Waals surface area contributed by atoms with Gasteiger partial charge in [-0.1, -0.05) is 28.1 Å². The summed E-state index contributed by atoms with van der Waals surface area (Å²) in [4.78, 5) is 0. The molecule has 0 atom stereocenters. The van der Waals surface area contributed by atoms with Gasteiger partial charge in [0, 0.05) is 5.33 Å². The van der Waals surface area contributed by atoms with Crippen molar-refractivity contribution in [3.63, 3.8) is 0 Å². The molecule has 0 aliphatic heterocycles. The topological polar surface area (TPSA) is 8.81 Å². The molecule has 98 valence electrons. The molecule has 3 rings (SSSR count). The number of benzene rings is 1. The molecule has 2 aromatic rings. The number of hydrogen-bond donors (Lipinski definition) is 0. The zero-order chi connectivity index (χ0) is 11.7. The number of alkyl halides is 1. The minimum absolute atomic E-state index is 0. The Balaban J connectivity index is 0.00000120. The first-order chi connectivity index (χ1) is 8.40. The Morgan fingerprint density at radius 1 is 1.22 bits per heavy atom. The van der Waals surface area contributed by atoms with E-state index in [0.717, 1.165) is 17.9 Å². The average molecular weight is 374 g/mol. The predicted octanol–water partition coefficient (Wildman–Crippen LogP) is 0.443. The average Bonchev–Trinajstić information content (AvgIpc) is 2.97. The van der Waals surface area contributed by atoms with Gasteiger partial charge in [-0.05, 0) is 37.8 Å². The van der Waals surface area contributed by atoms with Crippen LogP contribution in [0.3, 0.4) is 0 Å². The van der Waals surface area contributed by atoms with Crippen molar-refractivity contribution in [2.24, 2.45) is 0 Å². The fraction of sp³-hybridized carbons (Fsp3) is 0.500. The lowest BCUT2D eigenvalue weighted by molar-refractivity contribution is -0.667. The minimum Gasteiger partial charge on any atom is -1.00 e. The van der Waals surface area contributed by atoms with Gasteiger partial charge in [0.1, 0.15) is 12.6 Å². The Kier molecular flexibility index (Phi) is 4.84. The van der Waals surface area contributed by atoms with E-state index in [2.05, 4.69) is 55.7 Å². The lowest BCUT2D eigenvalue weighted by atomic mass is 10.2. The van der Waals surface area contributed by atoms with Crippen LogP contribution in [0.2, 0.25) is 0 Å². The van der Waals surface area contributed by atoms with Crippen LogP contribution < -0.4 is 21.5 Å². The summed E-state index contributed by atoms with van der Waals surface area (Å²) >= 11 is 3.53. The SMILES string of the molecule is BrCC[n+]1cn(C2CCCC2)c2ccccc21.[Br-]. The lowest BCUT2D eigenvalue weighted by Crippen LogP contribution is -3.00. The van der Waals surface area contributed by atoms with Gasteiger partial charge >= 0.3 is 0 Å². The number of aryl methyl sites for hydroxylation is 1. The molecular formula is C14H18Br2N2. The van der Waals surface area contributed by atoms with Crippen molar-refractivity contribution in [2.75, 3.05) is 5.33 Å². The summed E-state index contributed by atoms with van der Waals surface area (Å²) in [6.45, 7) is 1.04. The molecule has 1 aliphatic carbocycles. The minimum atomic E-state index is 0. The molecule has 1 fully saturated rings. The molecule has 0 unspecified atom stereocenters. The quantitative estimate of drug-likeness (QED) is 0.545. The molecule has 0 radical (unpaired) electrons. The molecule has 18 heavy (non-hydrogen) atoms. The van der Waals surface area contributed by atoms with Crippen molar-refractivity contribution in [3.8, 4) is 0 Å². The van der Waals surface area contributed by atoms with Gasteiger partial charge in [0.05, 0.1) is 0 Å². The van der Waals surface area contributed by atoms with Crippen molar-refractivity contribution >= 4 is 27.0 Å². The second kappa shape index (κ2) is 6.20. The van der Waals surface area contributed by atoms with Gasteiger partial charge in [-0.25, -0.2) is 9.13 Å². The van der Waals surface area contributed by atoms with E-state index in [1.54, 1.807) is 0 Å². The van der Waals surface area contributed by atoms with Crippen LogP contribution >= 0.6 is 15.9 Å². The number of rotatable bonds is 3. The molecule has 0 N–H and O–H groups in total. The van der Waals surface area contributed by atoms with Gasteiger partial charge in [-0.3, -0.25) is 0 Å². The number of hydrogen-bond acceptors (Lipinski definition) is 0. The molecule has 2 nitrogen and oxygen atoms in total. The van der Waals surface area contributed by atoms with E-state index in [1.807, 2.05) is 0 Å². The fourth-order valence-corrected chi connectivity index (χ4v) is 3.32. The molecule has 1 aliphatic rings. The molecule has 1 aromatic heterocycles. The van der Waals surface area contributed by atoms with Gasteiger partial charge in [-0.15, -0.1) is 0 Å². The van der Waals surface area contributed by atoms with Gasteiger partial charge in [0.25, 0.3) is 0 Å². The number of fused-ring (bicyclic) bond motifs is 1. The second-order valence-corrected chi connectivity index (χ2v) is 5.63. The second-order valence-electron chi connectivity index (χ2n) is 4.83. The van der Waals surface area contributed by atoms with Crippen molar-refractivity contribution < 1.29 is 21.5 Å². The first-order valence-corrected chi connectivity index (χ1v) is 7.57. The summed E-state index contributed by atoms with van der Waals surface area (Å²) in [6, 6.07) is 9.47. The maximum Gasteiger partial charge on any atom is 0.244 e. The number of imidazole rings is 1. The highest BCUT2D eigenvalue weighted by molar-refractivity contribution is 9.09. The van der Waals surface area contributed by atoms with Crippen LogP contribution in [0.5, 0.6) is 0 Å². The zero-order valence-electron chi connectivity index (χ0n) is 10.4. The first kappa shape index (κ1) is 14.1. The molecule has 0 spiro atoms. The van der Waals surface area contributed by atoms with Crippen LogP contribution in [0, 0.1) is 0 Å². The summed E-state index contributed by atoms with van der Waals surface area (Å²) in [5.74, 6) is 0. The first-order valence-electron chi connectivity index (χ1n) is 6.45. The van der Waals surface area contributed by atoms with Gasteiger partial charge in [-0.2, -0.15) is 0 Å². The molecule has 1 saturated carbocycles. The Morgan fingerprint density at radius 2 is 1.94 bits per heavy atom. The summed E-state index contributed by atoms with van der Waals surface area (Å²) in [5, 5.41) is 1.01. The van der Waals surface area contributed by atoms with Crippen LogP contribution in [0.1, 0.15) is 31.7 Å². The Morgan fingerprint density at radius 3 is 2.67 bits per heavy atom. The van der Waals surface area contributed by atoms with Crippen molar-refractivity contribution in [1.29, 1.82) is 0 Å². The number of para-hydroxylation sites is 2. The summed E-state index contributed by atoms with van der Waals surface area (Å²) in [5.41, 5.74) is 2.75. The molecule has 1 heterocycles. The summed E-state index contributed by atoms with van der Waals surface area (Å²) in [7, 11) is 0. The van der Waals surface area contributed by atoms with Crippen LogP contribution in [-0.4, -0.2) is 9.90 Å². The van der Waals surface area contributed by atoms with Gasteiger partial charge in [0.15, 0.2) is 11.0 Å². The van der Waals surface area contributed by atoms with Crippen LogP contribution in [0.15, 0.2) is 30.6 Å². The smallest absolute Gasteiger partial charge is 0.244 e. The highest BCUT2D eigenvalue weighted by Gasteiger charge is 2.25. The molecule has 0 bridgehead atoms. The maximum absolute atomic E-state index is 3.53. The lowest BCUT2D eigenvalue weighted by Gasteiger charge is -2.04. The van der Waals surface area contributed by atoms with E-state index < -0.39 is 0 Å². The van der Waals surface area contributed by atoms with E-state index in [1.165, 1.54) is 36.7 Å². The maximum atomic E-state index is 3.53. The standard InChI is InChI=1S/C14H18BrN2.BrH/c15-9-10-16-11-17(12-5-1-2-6-12)14-8-4-3-7-13(14)16;/h3-4,7-8,11-12H,1-2,5-6,9-10H2;1H/q+1;/p-1. The molecule has 0 saturated heterocycles. The normalized spacial score (nSPS) is 16.1. The third-order valence-electron chi connectivity index (χ3n) is 3.78. The van der Waals surface area contributed by atoms with E-state index in [4.69, 9.17) is 0 Å². The van der Waals surface area contributed by atoms with Gasteiger partial charge in [0.2, 0.25) is 6.33 Å². The zero-order valence-corrected chi connectivity index (χ0v) is 13.5. The molecule has 4 heteroatoms. The van der Waals surface area contributed by atoms with Crippen LogP contribution in [0.25, 0.3) is 11.0 Å². The van der Waals surface area contributed by atoms with Gasteiger partial charge < -0.3 is 17.0 Å². The molecular weight excluding hydrogens is 356 g/mol. The number of halogens is 2. The molecule has 0 amide bonds. The highest BCUT2D eigenvalue weighted by Crippen LogP contribution is 2.31. The largest absolute Gasteiger partial charge is 1.00 e. The van der Waals surface area contributed by atoms with E-state index in [0.29, 0.717) is 0 Å². The number of aromatic nitrogens is 2. The van der Waals surface area contributed by atoms with Crippen LogP contribution in [-0.2, 0) is 6.54 Å². The third kappa shape index (κ3) is 2.50. The Bertz CT molecular complexity index is 515. The summed E-state index contributed by atoms with van der Waals surface area (Å²) < 4.78 is 4.85. The molecule has 1 aromatic carbocycles. The fourth-order valence-electron chi connectivity index (χ4n) is 2.94. The van der Waals surface area contributed by atoms with E-state index >= 15 is 0 Å². The van der Waals surface area contributed by atoms with E-state index in [9.17, 15) is 0 Å². The third-order valence-corrected chi connectivity index (χ3v) is 4.13. The highest BCUT2D eigenvalue weighted by atomic mass is 79.9. The van der Waals surface area contributed by atoms with Crippen molar-refractivity contribution in [3.05, 3.63) is 30.6 Å². The van der Waals surface area contributed by atoms with Crippen molar-refractivity contribution in [1.82, 2.24) is 4.57 Å². The van der Waals surface area contributed by atoms with E-state index in [-0.39, 0.29) is 17.0 Å². The summed E-state index contributed by atoms with van der Waals surface area (Å²) in [6.07, 6.45) is 7.76.